The van der Waals surface area contributed by atoms with E-state index in [1.807, 2.05) is 61.7 Å². The van der Waals surface area contributed by atoms with Crippen LogP contribution in [0.25, 0.3) is 55.2 Å². The van der Waals surface area contributed by atoms with E-state index in [2.05, 4.69) is 61.6 Å². The third kappa shape index (κ3) is 4.61. The summed E-state index contributed by atoms with van der Waals surface area (Å²) in [5.41, 5.74) is 18.4. The molecule has 7 rings (SSSR count). The van der Waals surface area contributed by atoms with Crippen LogP contribution in [0.1, 0.15) is 6.92 Å². The summed E-state index contributed by atoms with van der Waals surface area (Å²) in [7, 11) is 0. The van der Waals surface area contributed by atoms with Crippen molar-refractivity contribution in [2.75, 3.05) is 23.3 Å². The predicted molar refractivity (Wildman–Crippen MR) is 159 cm³/mol. The molecule has 0 saturated carbocycles. The summed E-state index contributed by atoms with van der Waals surface area (Å²) in [5.74, 6) is 1.87. The van der Waals surface area contributed by atoms with Gasteiger partial charge in [0, 0.05) is 45.1 Å². The zero-order valence-corrected chi connectivity index (χ0v) is 22.4. The normalized spacial score (nSPS) is 11.1. The van der Waals surface area contributed by atoms with Crippen LogP contribution in [0.15, 0.2) is 71.7 Å². The lowest BCUT2D eigenvalue weighted by Gasteiger charge is -2.06. The Balaban J connectivity index is 0.000000142. The van der Waals surface area contributed by atoms with Gasteiger partial charge in [-0.05, 0) is 76.4 Å². The number of nitrogens with one attached hydrogen (secondary N) is 4. The van der Waals surface area contributed by atoms with E-state index in [0.717, 1.165) is 72.1 Å². The van der Waals surface area contributed by atoms with E-state index in [-0.39, 0.29) is 0 Å². The molecule has 2 aromatic carbocycles. The number of nitrogens with two attached hydrogens (primary N) is 2. The van der Waals surface area contributed by atoms with Crippen molar-refractivity contribution in [1.29, 1.82) is 0 Å². The number of nitrogen functional groups attached to an aromatic ring is 2. The van der Waals surface area contributed by atoms with Crippen molar-refractivity contribution < 1.29 is 0 Å². The molecule has 0 radical (unpaired) electrons. The monoisotopic (exact) mass is 581 g/mol. The number of H-pyrrole nitrogens is 3. The van der Waals surface area contributed by atoms with Crippen molar-refractivity contribution in [1.82, 2.24) is 40.3 Å². The topological polar surface area (TPSA) is 176 Å². The van der Waals surface area contributed by atoms with Crippen LogP contribution in [-0.2, 0) is 0 Å². The van der Waals surface area contributed by atoms with Gasteiger partial charge in [-0.25, -0.2) is 15.0 Å². The van der Waals surface area contributed by atoms with Gasteiger partial charge in [0.1, 0.15) is 17.8 Å². The molecule has 39 heavy (non-hydrogen) atoms. The number of hydrogen-bond acceptors (Lipinski definition) is 8. The van der Waals surface area contributed by atoms with Crippen molar-refractivity contribution >= 4 is 66.2 Å². The molecular formula is C27H24BrN11. The van der Waals surface area contributed by atoms with Gasteiger partial charge >= 0.3 is 0 Å². The summed E-state index contributed by atoms with van der Waals surface area (Å²) < 4.78 is 0.900. The highest BCUT2D eigenvalue weighted by Gasteiger charge is 2.13. The summed E-state index contributed by atoms with van der Waals surface area (Å²) in [6.45, 7) is 2.90. The van der Waals surface area contributed by atoms with Crippen molar-refractivity contribution in [3.63, 3.8) is 0 Å². The number of nitrogens with zero attached hydrogens (tertiary/aromatic N) is 5. The van der Waals surface area contributed by atoms with E-state index in [1.54, 1.807) is 12.5 Å². The third-order valence-corrected chi connectivity index (χ3v) is 6.95. The fourth-order valence-electron chi connectivity index (χ4n) is 4.44. The van der Waals surface area contributed by atoms with Gasteiger partial charge in [-0.2, -0.15) is 10.2 Å². The van der Waals surface area contributed by atoms with Crippen LogP contribution in [0.2, 0.25) is 0 Å². The maximum atomic E-state index is 5.88. The quantitative estimate of drug-likeness (QED) is 0.158. The fraction of sp³-hybridized carbons (Fsp3) is 0.0741. The SMILES string of the molecule is CCNc1cc(-c2ccc3[nH]nc(N)c3c2)ccn1.Nc1n[nH]c2c(Br)cc(-c3ncnc4[nH]ccc34)cc12. The molecule has 0 atom stereocenters. The Hall–Kier alpha value is -4.97. The smallest absolute Gasteiger partial charge is 0.153 e. The summed E-state index contributed by atoms with van der Waals surface area (Å²) in [6.07, 6.45) is 5.20. The van der Waals surface area contributed by atoms with E-state index in [1.165, 1.54) is 0 Å². The molecule has 0 amide bonds. The number of rotatable bonds is 4. The van der Waals surface area contributed by atoms with Gasteiger partial charge in [-0.1, -0.05) is 6.07 Å². The number of aromatic amines is 3. The lowest BCUT2D eigenvalue weighted by Crippen LogP contribution is -1.98. The van der Waals surface area contributed by atoms with E-state index in [4.69, 9.17) is 11.5 Å². The van der Waals surface area contributed by atoms with Gasteiger partial charge < -0.3 is 21.8 Å². The van der Waals surface area contributed by atoms with Crippen LogP contribution in [0, 0.1) is 0 Å². The van der Waals surface area contributed by atoms with Crippen molar-refractivity contribution in [2.24, 2.45) is 0 Å². The van der Waals surface area contributed by atoms with E-state index in [0.29, 0.717) is 11.6 Å². The van der Waals surface area contributed by atoms with Crippen LogP contribution < -0.4 is 16.8 Å². The molecular weight excluding hydrogens is 558 g/mol. The predicted octanol–water partition coefficient (Wildman–Crippen LogP) is 5.48. The fourth-order valence-corrected chi connectivity index (χ4v) is 4.99. The van der Waals surface area contributed by atoms with Crippen LogP contribution in [0.5, 0.6) is 0 Å². The van der Waals surface area contributed by atoms with E-state index >= 15 is 0 Å². The molecule has 0 unspecified atom stereocenters. The average molecular weight is 582 g/mol. The number of halogens is 1. The van der Waals surface area contributed by atoms with Gasteiger partial charge in [-0.15, -0.1) is 0 Å². The Morgan fingerprint density at radius 2 is 1.62 bits per heavy atom. The molecule has 0 bridgehead atoms. The molecule has 5 aromatic heterocycles. The lowest BCUT2D eigenvalue weighted by atomic mass is 10.0. The molecule has 5 heterocycles. The molecule has 11 nitrogen and oxygen atoms in total. The standard InChI is InChI=1S/C14H15N5.C13H9BrN6/c1-2-16-13-8-10(5-6-17-13)9-3-4-12-11(7-9)14(15)19-18-12;14-9-4-6(3-8-11(9)19-20-12(8)15)10-7-1-2-16-13(7)18-5-17-10/h3-8H,2H2,1H3,(H,16,17)(H3,15,18,19);1-5H,(H3,15,19,20)(H,16,17,18). The molecule has 12 heteroatoms. The van der Waals surface area contributed by atoms with Gasteiger partial charge in [0.2, 0.25) is 0 Å². The largest absolute Gasteiger partial charge is 0.382 e. The number of pyridine rings is 1. The van der Waals surface area contributed by atoms with Crippen LogP contribution >= 0.6 is 15.9 Å². The minimum absolute atomic E-state index is 0.474. The maximum Gasteiger partial charge on any atom is 0.153 e. The molecule has 8 N–H and O–H groups in total. The van der Waals surface area contributed by atoms with E-state index in [9.17, 15) is 0 Å². The second-order valence-corrected chi connectivity index (χ2v) is 9.64. The molecule has 0 aliphatic heterocycles. The first-order valence-corrected chi connectivity index (χ1v) is 13.0. The highest BCUT2D eigenvalue weighted by Crippen LogP contribution is 2.33. The third-order valence-electron chi connectivity index (χ3n) is 6.33. The maximum absolute atomic E-state index is 5.88. The van der Waals surface area contributed by atoms with E-state index < -0.39 is 0 Å². The zero-order valence-electron chi connectivity index (χ0n) is 20.8. The number of fused-ring (bicyclic) bond motifs is 3. The molecule has 0 spiro atoms. The minimum Gasteiger partial charge on any atom is -0.382 e. The Kier molecular flexibility index (Phi) is 6.29. The summed E-state index contributed by atoms with van der Waals surface area (Å²) in [5, 5.41) is 19.8. The van der Waals surface area contributed by atoms with Crippen LogP contribution in [-0.4, -0.2) is 46.9 Å². The highest BCUT2D eigenvalue weighted by atomic mass is 79.9. The number of anilines is 3. The molecule has 194 valence electrons. The molecule has 0 aliphatic carbocycles. The average Bonchev–Trinajstić information content (AvgIpc) is 3.68. The van der Waals surface area contributed by atoms with Crippen LogP contribution in [0.3, 0.4) is 0 Å². The second kappa shape index (κ2) is 10.1. The van der Waals surface area contributed by atoms with Crippen molar-refractivity contribution in [2.45, 2.75) is 6.92 Å². The minimum atomic E-state index is 0.474. The van der Waals surface area contributed by atoms with Gasteiger partial charge in [0.05, 0.1) is 16.7 Å². The van der Waals surface area contributed by atoms with Gasteiger partial charge in [0.15, 0.2) is 11.6 Å². The number of hydrogen-bond donors (Lipinski definition) is 6. The first-order chi connectivity index (χ1) is 19.0. The first kappa shape index (κ1) is 24.4. The molecule has 0 aliphatic rings. The van der Waals surface area contributed by atoms with Crippen LogP contribution in [0.4, 0.5) is 17.5 Å². The highest BCUT2D eigenvalue weighted by molar-refractivity contribution is 9.10. The van der Waals surface area contributed by atoms with Gasteiger partial charge in [-0.3, -0.25) is 10.2 Å². The van der Waals surface area contributed by atoms with Gasteiger partial charge in [0.25, 0.3) is 0 Å². The zero-order chi connectivity index (χ0) is 26.9. The number of benzene rings is 2. The summed E-state index contributed by atoms with van der Waals surface area (Å²) in [6, 6.07) is 16.0. The molecule has 0 fully saturated rings. The Bertz CT molecular complexity index is 1940. The Morgan fingerprint density at radius 3 is 2.49 bits per heavy atom. The lowest BCUT2D eigenvalue weighted by molar-refractivity contribution is 1.12. The first-order valence-electron chi connectivity index (χ1n) is 12.2. The Labute approximate surface area is 230 Å². The molecule has 7 aromatic rings. The second-order valence-electron chi connectivity index (χ2n) is 8.78. The summed E-state index contributed by atoms with van der Waals surface area (Å²) in [4.78, 5) is 15.9. The van der Waals surface area contributed by atoms with Crippen molar-refractivity contribution in [3.8, 4) is 22.4 Å². The number of aromatic nitrogens is 8. The van der Waals surface area contributed by atoms with Crippen molar-refractivity contribution in [3.05, 3.63) is 71.7 Å². The Morgan fingerprint density at radius 1 is 0.821 bits per heavy atom. The molecule has 0 saturated heterocycles. The summed E-state index contributed by atoms with van der Waals surface area (Å²) >= 11 is 3.54.